The van der Waals surface area contributed by atoms with E-state index < -0.39 is 5.82 Å². The second-order valence-corrected chi connectivity index (χ2v) is 5.28. The maximum absolute atomic E-state index is 13.9. The number of ketones is 1. The van der Waals surface area contributed by atoms with Crippen LogP contribution in [0.5, 0.6) is 0 Å². The topological polar surface area (TPSA) is 30.0 Å². The predicted molar refractivity (Wildman–Crippen MR) is 79.3 cm³/mol. The first-order valence-corrected chi connectivity index (χ1v) is 6.78. The zero-order chi connectivity index (χ0) is 14.1. The molecule has 1 heterocycles. The molecule has 0 aliphatic carbocycles. The van der Waals surface area contributed by atoms with Crippen LogP contribution in [-0.2, 0) is 0 Å². The number of rotatable bonds is 2. The lowest BCUT2D eigenvalue weighted by Crippen LogP contribution is -2.05. The summed E-state index contributed by atoms with van der Waals surface area (Å²) in [4.78, 5) is 16.6. The largest absolute Gasteiger partial charge is 0.288 e. The zero-order valence-corrected chi connectivity index (χ0v) is 11.9. The van der Waals surface area contributed by atoms with Crippen LogP contribution in [0.2, 0.25) is 0 Å². The Morgan fingerprint density at radius 3 is 2.65 bits per heavy atom. The lowest BCUT2D eigenvalue weighted by atomic mass is 9.99. The van der Waals surface area contributed by atoms with Crippen molar-refractivity contribution in [1.29, 1.82) is 0 Å². The summed E-state index contributed by atoms with van der Waals surface area (Å²) < 4.78 is 14.5. The first-order chi connectivity index (χ1) is 9.66. The van der Waals surface area contributed by atoms with Crippen molar-refractivity contribution < 1.29 is 9.18 Å². The smallest absolute Gasteiger partial charge is 0.198 e. The first-order valence-electron chi connectivity index (χ1n) is 5.99. The Morgan fingerprint density at radius 1 is 1.05 bits per heavy atom. The third-order valence-electron chi connectivity index (χ3n) is 3.09. The molecule has 0 N–H and O–H groups in total. The van der Waals surface area contributed by atoms with Crippen LogP contribution in [0.15, 0.2) is 59.3 Å². The fourth-order valence-electron chi connectivity index (χ4n) is 2.12. The van der Waals surface area contributed by atoms with Gasteiger partial charge in [-0.05, 0) is 23.6 Å². The highest BCUT2D eigenvalue weighted by Crippen LogP contribution is 2.23. The Balaban J connectivity index is 2.18. The lowest BCUT2D eigenvalue weighted by Gasteiger charge is -2.06. The number of aromatic nitrogens is 1. The van der Waals surface area contributed by atoms with Crippen molar-refractivity contribution in [2.45, 2.75) is 0 Å². The van der Waals surface area contributed by atoms with Crippen LogP contribution < -0.4 is 0 Å². The van der Waals surface area contributed by atoms with Gasteiger partial charge in [0.2, 0.25) is 0 Å². The molecule has 1 aromatic heterocycles. The molecular weight excluding hydrogens is 321 g/mol. The summed E-state index contributed by atoms with van der Waals surface area (Å²) in [5.74, 6) is -0.906. The Bertz CT molecular complexity index is 811. The van der Waals surface area contributed by atoms with Crippen molar-refractivity contribution in [3.8, 4) is 0 Å². The molecule has 0 saturated heterocycles. The van der Waals surface area contributed by atoms with E-state index >= 15 is 0 Å². The average molecular weight is 330 g/mol. The SMILES string of the molecule is O=C(c1ccc(Br)cc1F)c1cncc2ccccc12. The van der Waals surface area contributed by atoms with Gasteiger partial charge in [-0.1, -0.05) is 40.2 Å². The molecule has 3 rings (SSSR count). The summed E-state index contributed by atoms with van der Waals surface area (Å²) in [6.45, 7) is 0. The lowest BCUT2D eigenvalue weighted by molar-refractivity contribution is 0.103. The van der Waals surface area contributed by atoms with Gasteiger partial charge in [0, 0.05) is 27.8 Å². The third-order valence-corrected chi connectivity index (χ3v) is 3.58. The Morgan fingerprint density at radius 2 is 1.85 bits per heavy atom. The zero-order valence-electron chi connectivity index (χ0n) is 10.3. The van der Waals surface area contributed by atoms with Crippen LogP contribution in [0, 0.1) is 5.82 Å². The van der Waals surface area contributed by atoms with E-state index in [4.69, 9.17) is 0 Å². The van der Waals surface area contributed by atoms with Crippen LogP contribution in [0.1, 0.15) is 15.9 Å². The van der Waals surface area contributed by atoms with Crippen molar-refractivity contribution in [1.82, 2.24) is 4.98 Å². The molecule has 0 radical (unpaired) electrons. The monoisotopic (exact) mass is 329 g/mol. The molecule has 4 heteroatoms. The summed E-state index contributed by atoms with van der Waals surface area (Å²) in [5, 5.41) is 1.63. The normalized spacial score (nSPS) is 10.7. The van der Waals surface area contributed by atoms with Crippen LogP contribution in [0.3, 0.4) is 0 Å². The summed E-state index contributed by atoms with van der Waals surface area (Å²) in [6.07, 6.45) is 3.16. The number of halogens is 2. The highest BCUT2D eigenvalue weighted by molar-refractivity contribution is 9.10. The molecule has 2 aromatic carbocycles. The standard InChI is InChI=1S/C16H9BrFNO/c17-11-5-6-13(15(18)7-11)16(20)14-9-19-8-10-3-1-2-4-12(10)14/h1-9H. The van der Waals surface area contributed by atoms with E-state index in [0.29, 0.717) is 10.0 Å². The van der Waals surface area contributed by atoms with Crippen LogP contribution in [-0.4, -0.2) is 10.8 Å². The summed E-state index contributed by atoms with van der Waals surface area (Å²) in [5.41, 5.74) is 0.454. The molecule has 0 atom stereocenters. The number of carbonyl (C=O) groups excluding carboxylic acids is 1. The summed E-state index contributed by atoms with van der Waals surface area (Å²) >= 11 is 3.18. The van der Waals surface area contributed by atoms with Gasteiger partial charge in [0.05, 0.1) is 5.56 Å². The molecule has 0 spiro atoms. The number of fused-ring (bicyclic) bond motifs is 1. The van der Waals surface area contributed by atoms with Gasteiger partial charge in [0.25, 0.3) is 0 Å². The molecule has 0 saturated carbocycles. The average Bonchev–Trinajstić information content (AvgIpc) is 2.46. The van der Waals surface area contributed by atoms with E-state index in [1.807, 2.05) is 24.3 Å². The van der Waals surface area contributed by atoms with Crippen molar-refractivity contribution >= 4 is 32.5 Å². The number of nitrogens with zero attached hydrogens (tertiary/aromatic N) is 1. The van der Waals surface area contributed by atoms with Crippen molar-refractivity contribution in [2.75, 3.05) is 0 Å². The van der Waals surface area contributed by atoms with Crippen molar-refractivity contribution in [3.05, 3.63) is 76.3 Å². The minimum absolute atomic E-state index is 0.0475. The van der Waals surface area contributed by atoms with E-state index in [-0.39, 0.29) is 11.3 Å². The molecule has 0 unspecified atom stereocenters. The highest BCUT2D eigenvalue weighted by Gasteiger charge is 2.16. The van der Waals surface area contributed by atoms with Crippen molar-refractivity contribution in [3.63, 3.8) is 0 Å². The third kappa shape index (κ3) is 2.23. The van der Waals surface area contributed by atoms with E-state index in [9.17, 15) is 9.18 Å². The van der Waals surface area contributed by atoms with E-state index in [1.165, 1.54) is 18.3 Å². The second-order valence-electron chi connectivity index (χ2n) is 4.36. The van der Waals surface area contributed by atoms with E-state index in [1.54, 1.807) is 12.3 Å². The minimum Gasteiger partial charge on any atom is -0.288 e. The number of benzene rings is 2. The van der Waals surface area contributed by atoms with Gasteiger partial charge in [-0.15, -0.1) is 0 Å². The van der Waals surface area contributed by atoms with Gasteiger partial charge >= 0.3 is 0 Å². The highest BCUT2D eigenvalue weighted by atomic mass is 79.9. The summed E-state index contributed by atoms with van der Waals surface area (Å²) in [6, 6.07) is 11.8. The fraction of sp³-hybridized carbons (Fsp3) is 0. The number of hydrogen-bond donors (Lipinski definition) is 0. The van der Waals surface area contributed by atoms with Gasteiger partial charge in [-0.3, -0.25) is 9.78 Å². The summed E-state index contributed by atoms with van der Waals surface area (Å²) in [7, 11) is 0. The van der Waals surface area contributed by atoms with Gasteiger partial charge in [-0.2, -0.15) is 0 Å². The van der Waals surface area contributed by atoms with Gasteiger partial charge in [0.1, 0.15) is 5.82 Å². The molecule has 98 valence electrons. The molecule has 0 aliphatic heterocycles. The minimum atomic E-state index is -0.544. The molecule has 20 heavy (non-hydrogen) atoms. The molecule has 0 amide bonds. The van der Waals surface area contributed by atoms with Crippen molar-refractivity contribution in [2.24, 2.45) is 0 Å². The molecule has 0 bridgehead atoms. The molecular formula is C16H9BrFNO. The van der Waals surface area contributed by atoms with Gasteiger partial charge in [-0.25, -0.2) is 4.39 Å². The Kier molecular flexibility index (Phi) is 3.32. The molecule has 0 aliphatic rings. The molecule has 2 nitrogen and oxygen atoms in total. The maximum atomic E-state index is 13.9. The number of pyridine rings is 1. The van der Waals surface area contributed by atoms with Gasteiger partial charge in [0.15, 0.2) is 5.78 Å². The quantitative estimate of drug-likeness (QED) is 0.653. The molecule has 3 aromatic rings. The maximum Gasteiger partial charge on any atom is 0.198 e. The second kappa shape index (κ2) is 5.13. The van der Waals surface area contributed by atoms with E-state index in [2.05, 4.69) is 20.9 Å². The van der Waals surface area contributed by atoms with E-state index in [0.717, 1.165) is 10.8 Å². The Labute approximate surface area is 123 Å². The molecule has 0 fully saturated rings. The van der Waals surface area contributed by atoms with Crippen LogP contribution >= 0.6 is 15.9 Å². The fourth-order valence-corrected chi connectivity index (χ4v) is 2.45. The number of hydrogen-bond acceptors (Lipinski definition) is 2. The van der Waals surface area contributed by atoms with Crippen LogP contribution in [0.4, 0.5) is 4.39 Å². The van der Waals surface area contributed by atoms with Gasteiger partial charge < -0.3 is 0 Å². The van der Waals surface area contributed by atoms with Crippen LogP contribution in [0.25, 0.3) is 10.8 Å². The Hall–Kier alpha value is -2.07. The first kappa shape index (κ1) is 12.9. The number of carbonyl (C=O) groups is 1. The predicted octanol–water partition coefficient (Wildman–Crippen LogP) is 4.37.